The third-order valence-corrected chi connectivity index (χ3v) is 2.97. The van der Waals surface area contributed by atoms with Gasteiger partial charge < -0.3 is 19.7 Å². The number of hydrogen-bond donors (Lipinski definition) is 1. The van der Waals surface area contributed by atoms with Gasteiger partial charge in [0, 0.05) is 31.9 Å². The molecule has 7 heteroatoms. The van der Waals surface area contributed by atoms with Crippen molar-refractivity contribution in [1.82, 2.24) is 15.3 Å². The number of hydrogen-bond acceptors (Lipinski definition) is 7. The van der Waals surface area contributed by atoms with Gasteiger partial charge in [-0.05, 0) is 13.8 Å². The summed E-state index contributed by atoms with van der Waals surface area (Å²) >= 11 is 0. The van der Waals surface area contributed by atoms with Crippen LogP contribution >= 0.6 is 0 Å². The van der Waals surface area contributed by atoms with E-state index < -0.39 is 6.04 Å². The summed E-state index contributed by atoms with van der Waals surface area (Å²) in [4.78, 5) is 22.4. The van der Waals surface area contributed by atoms with Gasteiger partial charge in [-0.1, -0.05) is 0 Å². The van der Waals surface area contributed by atoms with Crippen LogP contribution in [-0.4, -0.2) is 54.8 Å². The van der Waals surface area contributed by atoms with Gasteiger partial charge in [0.2, 0.25) is 11.8 Å². The Morgan fingerprint density at radius 3 is 3.10 bits per heavy atom. The van der Waals surface area contributed by atoms with E-state index in [0.29, 0.717) is 38.1 Å². The lowest BCUT2D eigenvalue weighted by Gasteiger charge is -2.34. The Labute approximate surface area is 118 Å². The van der Waals surface area contributed by atoms with Crippen molar-refractivity contribution in [2.45, 2.75) is 19.9 Å². The van der Waals surface area contributed by atoms with Gasteiger partial charge in [0.1, 0.15) is 6.04 Å². The molecule has 1 fully saturated rings. The highest BCUT2D eigenvalue weighted by atomic mass is 16.5. The van der Waals surface area contributed by atoms with Gasteiger partial charge in [-0.15, -0.1) is 0 Å². The molecule has 2 rings (SSSR count). The molecule has 0 aliphatic carbocycles. The molecule has 7 nitrogen and oxygen atoms in total. The van der Waals surface area contributed by atoms with Crippen LogP contribution in [0.25, 0.3) is 0 Å². The molecule has 0 amide bonds. The molecule has 1 aliphatic rings. The Morgan fingerprint density at radius 1 is 1.50 bits per heavy atom. The highest BCUT2D eigenvalue weighted by Crippen LogP contribution is 2.17. The number of carbonyl (C=O) groups excluding carboxylic acids is 1. The van der Waals surface area contributed by atoms with Crippen molar-refractivity contribution in [3.63, 3.8) is 0 Å². The second kappa shape index (κ2) is 7.04. The molecule has 1 atom stereocenters. The number of rotatable bonds is 5. The van der Waals surface area contributed by atoms with Gasteiger partial charge in [-0.25, -0.2) is 9.78 Å². The molecule has 110 valence electrons. The molecule has 0 radical (unpaired) electrons. The Morgan fingerprint density at radius 2 is 2.35 bits per heavy atom. The first-order valence-corrected chi connectivity index (χ1v) is 6.86. The van der Waals surface area contributed by atoms with Crippen LogP contribution < -0.4 is 15.0 Å². The zero-order valence-corrected chi connectivity index (χ0v) is 11.8. The molecule has 1 aromatic heterocycles. The summed E-state index contributed by atoms with van der Waals surface area (Å²) < 4.78 is 10.5. The minimum absolute atomic E-state index is 0.259. The topological polar surface area (TPSA) is 76.6 Å². The molecule has 20 heavy (non-hydrogen) atoms. The number of nitrogens with one attached hydrogen (secondary N) is 1. The maximum atomic E-state index is 12.0. The number of piperazine rings is 1. The van der Waals surface area contributed by atoms with Gasteiger partial charge in [-0.3, -0.25) is 0 Å². The molecule has 1 saturated heterocycles. The van der Waals surface area contributed by atoms with Crippen molar-refractivity contribution in [1.29, 1.82) is 0 Å². The lowest BCUT2D eigenvalue weighted by Crippen LogP contribution is -2.56. The number of anilines is 1. The van der Waals surface area contributed by atoms with Crippen LogP contribution in [0.5, 0.6) is 5.88 Å². The Balaban J connectivity index is 2.18. The van der Waals surface area contributed by atoms with Crippen LogP contribution in [0.4, 0.5) is 5.95 Å². The van der Waals surface area contributed by atoms with Crippen molar-refractivity contribution < 1.29 is 14.3 Å². The molecular formula is C13H20N4O3. The Bertz CT molecular complexity index is 455. The van der Waals surface area contributed by atoms with Crippen LogP contribution in [0.1, 0.15) is 13.8 Å². The highest BCUT2D eigenvalue weighted by molar-refractivity contribution is 5.80. The number of ether oxygens (including phenoxy) is 2. The monoisotopic (exact) mass is 280 g/mol. The third-order valence-electron chi connectivity index (χ3n) is 2.97. The first-order valence-electron chi connectivity index (χ1n) is 6.86. The summed E-state index contributed by atoms with van der Waals surface area (Å²) in [5.74, 6) is 0.749. The summed E-state index contributed by atoms with van der Waals surface area (Å²) in [6, 6.07) is 1.30. The molecule has 0 aromatic carbocycles. The fraction of sp³-hybridized carbons (Fsp3) is 0.615. The van der Waals surface area contributed by atoms with Crippen LogP contribution in [0.3, 0.4) is 0 Å². The molecular weight excluding hydrogens is 260 g/mol. The van der Waals surface area contributed by atoms with E-state index in [1.807, 2.05) is 11.8 Å². The first-order chi connectivity index (χ1) is 9.76. The minimum atomic E-state index is -0.402. The van der Waals surface area contributed by atoms with Crippen LogP contribution in [0.15, 0.2) is 12.3 Å². The minimum Gasteiger partial charge on any atom is -0.478 e. The molecule has 1 aliphatic heterocycles. The predicted octanol–water partition coefficient (Wildman–Crippen LogP) is 0.217. The Kier molecular flexibility index (Phi) is 5.11. The molecule has 0 bridgehead atoms. The van der Waals surface area contributed by atoms with Crippen molar-refractivity contribution in [2.24, 2.45) is 0 Å². The van der Waals surface area contributed by atoms with Crippen molar-refractivity contribution in [2.75, 3.05) is 37.7 Å². The van der Waals surface area contributed by atoms with E-state index >= 15 is 0 Å². The summed E-state index contributed by atoms with van der Waals surface area (Å²) in [6.07, 6.45) is 1.64. The number of esters is 1. The van der Waals surface area contributed by atoms with E-state index in [1.165, 1.54) is 0 Å². The van der Waals surface area contributed by atoms with Gasteiger partial charge in [-0.2, -0.15) is 4.98 Å². The van der Waals surface area contributed by atoms with Crippen LogP contribution in [0, 0.1) is 0 Å². The lowest BCUT2D eigenvalue weighted by molar-refractivity contribution is -0.144. The summed E-state index contributed by atoms with van der Waals surface area (Å²) in [6.45, 7) is 6.55. The van der Waals surface area contributed by atoms with Crippen molar-refractivity contribution >= 4 is 11.9 Å². The third kappa shape index (κ3) is 3.36. The van der Waals surface area contributed by atoms with E-state index in [4.69, 9.17) is 9.47 Å². The largest absolute Gasteiger partial charge is 0.478 e. The number of nitrogens with zero attached hydrogens (tertiary/aromatic N) is 3. The number of carbonyl (C=O) groups is 1. The molecule has 1 unspecified atom stereocenters. The molecule has 1 N–H and O–H groups in total. The molecule has 0 saturated carbocycles. The van der Waals surface area contributed by atoms with E-state index in [-0.39, 0.29) is 5.97 Å². The first kappa shape index (κ1) is 14.5. The fourth-order valence-corrected chi connectivity index (χ4v) is 2.09. The maximum absolute atomic E-state index is 12.0. The quantitative estimate of drug-likeness (QED) is 0.773. The van der Waals surface area contributed by atoms with E-state index in [9.17, 15) is 4.79 Å². The SMILES string of the molecule is CCOC(=O)C1CNCCN1c1nccc(OCC)n1. The summed E-state index contributed by atoms with van der Waals surface area (Å²) in [7, 11) is 0. The second-order valence-corrected chi connectivity index (χ2v) is 4.29. The maximum Gasteiger partial charge on any atom is 0.330 e. The van der Waals surface area contributed by atoms with Crippen LogP contribution in [0.2, 0.25) is 0 Å². The standard InChI is InChI=1S/C13H20N4O3/c1-3-19-11-5-6-15-13(16-11)17-8-7-14-9-10(17)12(18)20-4-2/h5-6,10,14H,3-4,7-9H2,1-2H3. The smallest absolute Gasteiger partial charge is 0.330 e. The van der Waals surface area contributed by atoms with Gasteiger partial charge in [0.15, 0.2) is 0 Å². The zero-order chi connectivity index (χ0) is 14.4. The van der Waals surface area contributed by atoms with E-state index in [2.05, 4.69) is 15.3 Å². The van der Waals surface area contributed by atoms with Gasteiger partial charge >= 0.3 is 5.97 Å². The fourth-order valence-electron chi connectivity index (χ4n) is 2.09. The van der Waals surface area contributed by atoms with Gasteiger partial charge in [0.25, 0.3) is 0 Å². The Hall–Kier alpha value is -1.89. The van der Waals surface area contributed by atoms with Crippen LogP contribution in [-0.2, 0) is 9.53 Å². The second-order valence-electron chi connectivity index (χ2n) is 4.29. The van der Waals surface area contributed by atoms with E-state index in [1.54, 1.807) is 19.2 Å². The number of aromatic nitrogens is 2. The zero-order valence-electron chi connectivity index (χ0n) is 11.8. The molecule has 1 aromatic rings. The summed E-state index contributed by atoms with van der Waals surface area (Å²) in [5.41, 5.74) is 0. The predicted molar refractivity (Wildman–Crippen MR) is 73.8 cm³/mol. The molecule has 0 spiro atoms. The average Bonchev–Trinajstić information content (AvgIpc) is 2.48. The average molecular weight is 280 g/mol. The molecule has 2 heterocycles. The van der Waals surface area contributed by atoms with E-state index in [0.717, 1.165) is 6.54 Å². The van der Waals surface area contributed by atoms with Crippen molar-refractivity contribution in [3.8, 4) is 5.88 Å². The lowest BCUT2D eigenvalue weighted by atomic mass is 10.2. The normalized spacial score (nSPS) is 18.7. The summed E-state index contributed by atoms with van der Waals surface area (Å²) in [5, 5.41) is 3.18. The van der Waals surface area contributed by atoms with Gasteiger partial charge in [0.05, 0.1) is 13.2 Å². The highest BCUT2D eigenvalue weighted by Gasteiger charge is 2.31. The van der Waals surface area contributed by atoms with Crippen molar-refractivity contribution in [3.05, 3.63) is 12.3 Å².